The van der Waals surface area contributed by atoms with Crippen molar-refractivity contribution < 1.29 is 5.11 Å². The molecule has 1 aromatic heterocycles. The summed E-state index contributed by atoms with van der Waals surface area (Å²) in [6.07, 6.45) is 7.45. The number of aromatic nitrogens is 2. The van der Waals surface area contributed by atoms with E-state index in [1.54, 1.807) is 12.4 Å². The highest BCUT2D eigenvalue weighted by Crippen LogP contribution is 2.40. The highest BCUT2D eigenvalue weighted by atomic mass is 16.3. The Balaban J connectivity index is 1.50. The van der Waals surface area contributed by atoms with E-state index >= 15 is 0 Å². The third kappa shape index (κ3) is 2.68. The fraction of sp³-hybridized carbons (Fsp3) is 0.706. The summed E-state index contributed by atoms with van der Waals surface area (Å²) in [6, 6.07) is 2.46. The maximum absolute atomic E-state index is 10.6. The van der Waals surface area contributed by atoms with E-state index in [-0.39, 0.29) is 6.10 Å². The Labute approximate surface area is 136 Å². The number of nitrogens with zero attached hydrogens (tertiary/aromatic N) is 5. The first-order valence-electron chi connectivity index (χ1n) is 8.64. The molecule has 6 nitrogen and oxygen atoms in total. The molecule has 4 atom stereocenters. The van der Waals surface area contributed by atoms with Crippen LogP contribution in [0.2, 0.25) is 0 Å². The molecule has 1 saturated carbocycles. The van der Waals surface area contributed by atoms with Crippen molar-refractivity contribution >= 4 is 5.82 Å². The van der Waals surface area contributed by atoms with E-state index in [9.17, 15) is 10.4 Å². The average Bonchev–Trinajstić information content (AvgIpc) is 3.23. The molecule has 3 aliphatic rings. The topological polar surface area (TPSA) is 76.3 Å². The Bertz CT molecular complexity index is 609. The number of aliphatic hydroxyl groups is 1. The summed E-state index contributed by atoms with van der Waals surface area (Å²) < 4.78 is 0. The third-order valence-corrected chi connectivity index (χ3v) is 5.80. The Hall–Kier alpha value is -1.71. The Kier molecular flexibility index (Phi) is 3.92. The minimum atomic E-state index is -0.216. The van der Waals surface area contributed by atoms with Crippen LogP contribution in [0.25, 0.3) is 0 Å². The molecule has 2 saturated heterocycles. The lowest BCUT2D eigenvalue weighted by molar-refractivity contribution is -0.000854. The molecular formula is C17H23N5O. The van der Waals surface area contributed by atoms with Gasteiger partial charge in [0.05, 0.1) is 6.10 Å². The number of hydrogen-bond acceptors (Lipinski definition) is 6. The van der Waals surface area contributed by atoms with E-state index in [1.165, 1.54) is 12.8 Å². The maximum atomic E-state index is 10.6. The molecule has 0 amide bonds. The normalized spacial score (nSPS) is 34.3. The van der Waals surface area contributed by atoms with Crippen molar-refractivity contribution in [3.63, 3.8) is 0 Å². The number of nitriles is 1. The van der Waals surface area contributed by atoms with Crippen LogP contribution in [0, 0.1) is 23.2 Å². The van der Waals surface area contributed by atoms with Gasteiger partial charge in [-0.3, -0.25) is 4.90 Å². The molecule has 6 heteroatoms. The number of likely N-dealkylation sites (tertiary alicyclic amines) is 1. The fourth-order valence-electron chi connectivity index (χ4n) is 4.69. The zero-order valence-electron chi connectivity index (χ0n) is 13.3. The van der Waals surface area contributed by atoms with Crippen LogP contribution in [0.5, 0.6) is 0 Å². The van der Waals surface area contributed by atoms with Crippen LogP contribution in [0.15, 0.2) is 12.4 Å². The van der Waals surface area contributed by atoms with Gasteiger partial charge < -0.3 is 10.0 Å². The van der Waals surface area contributed by atoms with Crippen LogP contribution in [-0.2, 0) is 0 Å². The first kappa shape index (κ1) is 14.9. The molecule has 0 bridgehead atoms. The molecule has 23 heavy (non-hydrogen) atoms. The lowest BCUT2D eigenvalue weighted by atomic mass is 9.77. The first-order valence-corrected chi connectivity index (χ1v) is 8.64. The number of fused-ring (bicyclic) bond motifs is 1. The van der Waals surface area contributed by atoms with Crippen LogP contribution in [-0.4, -0.2) is 58.3 Å². The molecule has 122 valence electrons. The molecule has 4 rings (SSSR count). The third-order valence-electron chi connectivity index (χ3n) is 5.80. The molecule has 1 aliphatic carbocycles. The van der Waals surface area contributed by atoms with Crippen molar-refractivity contribution in [2.24, 2.45) is 11.8 Å². The van der Waals surface area contributed by atoms with E-state index in [0.717, 1.165) is 39.0 Å². The Morgan fingerprint density at radius 3 is 2.52 bits per heavy atom. The molecule has 3 fully saturated rings. The van der Waals surface area contributed by atoms with Crippen molar-refractivity contribution in [2.45, 2.75) is 37.8 Å². The van der Waals surface area contributed by atoms with Gasteiger partial charge in [0.2, 0.25) is 0 Å². The van der Waals surface area contributed by atoms with Gasteiger partial charge in [0, 0.05) is 31.5 Å². The fourth-order valence-corrected chi connectivity index (χ4v) is 4.69. The molecule has 2 aliphatic heterocycles. The van der Waals surface area contributed by atoms with Crippen molar-refractivity contribution in [3.05, 3.63) is 18.1 Å². The molecule has 0 unspecified atom stereocenters. The molecule has 3 heterocycles. The van der Waals surface area contributed by atoms with E-state index in [2.05, 4.69) is 25.8 Å². The second-order valence-electron chi connectivity index (χ2n) is 7.11. The molecule has 0 aromatic carbocycles. The summed E-state index contributed by atoms with van der Waals surface area (Å²) in [4.78, 5) is 13.2. The highest BCUT2D eigenvalue weighted by Gasteiger charge is 2.44. The SMILES string of the molecule is N#Cc1nccnc1N1C[C@H]2C[C@@H](N3CCCC3)[C@H](O)C[C@H]2C1. The molecule has 1 N–H and O–H groups in total. The molecule has 1 aromatic rings. The van der Waals surface area contributed by atoms with Gasteiger partial charge in [-0.15, -0.1) is 0 Å². The largest absolute Gasteiger partial charge is 0.391 e. The van der Waals surface area contributed by atoms with Crippen molar-refractivity contribution in [3.8, 4) is 6.07 Å². The van der Waals surface area contributed by atoms with Gasteiger partial charge in [-0.1, -0.05) is 0 Å². The quantitative estimate of drug-likeness (QED) is 0.878. The van der Waals surface area contributed by atoms with E-state index in [0.29, 0.717) is 29.4 Å². The highest BCUT2D eigenvalue weighted by molar-refractivity contribution is 5.50. The summed E-state index contributed by atoms with van der Waals surface area (Å²) in [5.41, 5.74) is 0.405. The van der Waals surface area contributed by atoms with Crippen molar-refractivity contribution in [1.29, 1.82) is 5.26 Å². The molecular weight excluding hydrogens is 290 g/mol. The summed E-state index contributed by atoms with van der Waals surface area (Å²) in [7, 11) is 0. The van der Waals surface area contributed by atoms with Gasteiger partial charge in [-0.05, 0) is 50.6 Å². The van der Waals surface area contributed by atoms with Crippen LogP contribution < -0.4 is 4.90 Å². The van der Waals surface area contributed by atoms with E-state index in [4.69, 9.17) is 0 Å². The lowest BCUT2D eigenvalue weighted by Gasteiger charge is -2.40. The smallest absolute Gasteiger partial charge is 0.183 e. The van der Waals surface area contributed by atoms with Crippen LogP contribution in [0.4, 0.5) is 5.82 Å². The van der Waals surface area contributed by atoms with Crippen LogP contribution in [0.1, 0.15) is 31.4 Å². The molecule has 0 spiro atoms. The lowest BCUT2D eigenvalue weighted by Crippen LogP contribution is -2.48. The van der Waals surface area contributed by atoms with Crippen LogP contribution in [0.3, 0.4) is 0 Å². The second-order valence-corrected chi connectivity index (χ2v) is 7.11. The van der Waals surface area contributed by atoms with Gasteiger partial charge in [0.15, 0.2) is 11.5 Å². The average molecular weight is 313 g/mol. The zero-order valence-corrected chi connectivity index (χ0v) is 13.3. The standard InChI is InChI=1S/C17H23N5O/c18-9-14-17(20-4-3-19-14)22-10-12-7-15(21-5-1-2-6-21)16(23)8-13(12)11-22/h3-4,12-13,15-16,23H,1-2,5-8,10-11H2/t12-,13+,15-,16-/m1/s1. The van der Waals surface area contributed by atoms with Gasteiger partial charge in [0.25, 0.3) is 0 Å². The Morgan fingerprint density at radius 2 is 1.78 bits per heavy atom. The van der Waals surface area contributed by atoms with E-state index < -0.39 is 0 Å². The first-order chi connectivity index (χ1) is 11.3. The predicted molar refractivity (Wildman–Crippen MR) is 85.8 cm³/mol. The maximum Gasteiger partial charge on any atom is 0.183 e. The van der Waals surface area contributed by atoms with Gasteiger partial charge in [-0.2, -0.15) is 5.26 Å². The van der Waals surface area contributed by atoms with Crippen LogP contribution >= 0.6 is 0 Å². The summed E-state index contributed by atoms with van der Waals surface area (Å²) in [5.74, 6) is 1.78. The van der Waals surface area contributed by atoms with Gasteiger partial charge in [0.1, 0.15) is 6.07 Å². The number of aliphatic hydroxyl groups excluding tert-OH is 1. The zero-order chi connectivity index (χ0) is 15.8. The number of hydrogen-bond donors (Lipinski definition) is 1. The van der Waals surface area contributed by atoms with Crippen molar-refractivity contribution in [2.75, 3.05) is 31.1 Å². The number of rotatable bonds is 2. The van der Waals surface area contributed by atoms with Gasteiger partial charge >= 0.3 is 0 Å². The van der Waals surface area contributed by atoms with E-state index in [1.807, 2.05) is 0 Å². The monoisotopic (exact) mass is 313 g/mol. The van der Waals surface area contributed by atoms with Gasteiger partial charge in [-0.25, -0.2) is 9.97 Å². The van der Waals surface area contributed by atoms with Crippen molar-refractivity contribution in [1.82, 2.24) is 14.9 Å². The summed E-state index contributed by atoms with van der Waals surface area (Å²) in [5, 5.41) is 19.8. The predicted octanol–water partition coefficient (Wildman–Crippen LogP) is 1.02. The number of anilines is 1. The molecule has 0 radical (unpaired) electrons. The summed E-state index contributed by atoms with van der Waals surface area (Å²) in [6.45, 7) is 4.06. The minimum Gasteiger partial charge on any atom is -0.391 e. The minimum absolute atomic E-state index is 0.216. The summed E-state index contributed by atoms with van der Waals surface area (Å²) >= 11 is 0. The second kappa shape index (κ2) is 6.06. The Morgan fingerprint density at radius 1 is 1.09 bits per heavy atom.